The number of nitrogens with zero attached hydrogens (tertiary/aromatic N) is 1. The molecule has 0 fully saturated rings. The third-order valence-electron chi connectivity index (χ3n) is 3.63. The fourth-order valence-corrected chi connectivity index (χ4v) is 2.58. The molecule has 2 aromatic rings. The Hall–Kier alpha value is -2.89. The quantitative estimate of drug-likeness (QED) is 0.676. The summed E-state index contributed by atoms with van der Waals surface area (Å²) in [6, 6.07) is 11.6. The Morgan fingerprint density at radius 1 is 1.22 bits per heavy atom. The van der Waals surface area contributed by atoms with E-state index in [2.05, 4.69) is 10.5 Å². The van der Waals surface area contributed by atoms with E-state index in [9.17, 15) is 9.59 Å². The number of rotatable bonds is 5. The standard InChI is InChI=1S/C17H16N2O4/c1-2-22-17(21)15-13(12-9-6-10-23-12)14(18-19-15)16(20)11-7-4-3-5-8-11/h3-10,13-14,18H,2H2,1H3. The number of furan rings is 1. The monoisotopic (exact) mass is 312 g/mol. The number of Topliss-reactive ketones (excluding diaryl/α,β-unsaturated/α-hetero) is 1. The van der Waals surface area contributed by atoms with Crippen molar-refractivity contribution < 1.29 is 18.7 Å². The number of ether oxygens (including phenoxy) is 1. The highest BCUT2D eigenvalue weighted by atomic mass is 16.5. The Morgan fingerprint density at radius 2 is 2.00 bits per heavy atom. The van der Waals surface area contributed by atoms with Crippen LogP contribution in [0.4, 0.5) is 0 Å². The molecule has 6 nitrogen and oxygen atoms in total. The maximum Gasteiger partial charge on any atom is 0.355 e. The van der Waals surface area contributed by atoms with Gasteiger partial charge in [-0.2, -0.15) is 5.10 Å². The van der Waals surface area contributed by atoms with Crippen LogP contribution in [0.1, 0.15) is 29.0 Å². The molecule has 1 aromatic carbocycles. The highest BCUT2D eigenvalue weighted by Gasteiger charge is 2.43. The van der Waals surface area contributed by atoms with Crippen molar-refractivity contribution in [2.24, 2.45) is 5.10 Å². The second-order valence-electron chi connectivity index (χ2n) is 5.05. The molecule has 0 saturated heterocycles. The Bertz CT molecular complexity index is 722. The molecule has 3 rings (SSSR count). The summed E-state index contributed by atoms with van der Waals surface area (Å²) >= 11 is 0. The van der Waals surface area contributed by atoms with Crippen LogP contribution in [0, 0.1) is 0 Å². The SMILES string of the molecule is CCOC(=O)C1=NNC(C(=O)c2ccccc2)C1c1ccco1. The van der Waals surface area contributed by atoms with Gasteiger partial charge in [0.2, 0.25) is 0 Å². The van der Waals surface area contributed by atoms with Crippen molar-refractivity contribution in [2.45, 2.75) is 18.9 Å². The highest BCUT2D eigenvalue weighted by Crippen LogP contribution is 2.29. The first-order valence-electron chi connectivity index (χ1n) is 7.35. The van der Waals surface area contributed by atoms with E-state index in [0.717, 1.165) is 0 Å². The van der Waals surface area contributed by atoms with E-state index in [1.807, 2.05) is 6.07 Å². The van der Waals surface area contributed by atoms with Crippen molar-refractivity contribution in [1.82, 2.24) is 5.43 Å². The Balaban J connectivity index is 1.92. The maximum atomic E-state index is 12.7. The first kappa shape index (κ1) is 15.0. The normalized spacial score (nSPS) is 19.8. The molecule has 1 aromatic heterocycles. The van der Waals surface area contributed by atoms with Crippen LogP contribution in [0.2, 0.25) is 0 Å². The van der Waals surface area contributed by atoms with Crippen LogP contribution < -0.4 is 5.43 Å². The molecule has 0 radical (unpaired) electrons. The number of hydrogen-bond donors (Lipinski definition) is 1. The third-order valence-corrected chi connectivity index (χ3v) is 3.63. The fourth-order valence-electron chi connectivity index (χ4n) is 2.58. The van der Waals surface area contributed by atoms with E-state index in [-0.39, 0.29) is 18.1 Å². The number of nitrogens with one attached hydrogen (secondary N) is 1. The van der Waals surface area contributed by atoms with Gasteiger partial charge in [-0.15, -0.1) is 0 Å². The number of hydrazone groups is 1. The minimum Gasteiger partial charge on any atom is -0.469 e. The van der Waals surface area contributed by atoms with Crippen LogP contribution >= 0.6 is 0 Å². The number of carbonyl (C=O) groups is 2. The van der Waals surface area contributed by atoms with E-state index in [4.69, 9.17) is 9.15 Å². The van der Waals surface area contributed by atoms with Gasteiger partial charge >= 0.3 is 5.97 Å². The van der Waals surface area contributed by atoms with Crippen LogP contribution in [0.3, 0.4) is 0 Å². The van der Waals surface area contributed by atoms with Crippen LogP contribution in [0.5, 0.6) is 0 Å². The molecule has 0 spiro atoms. The largest absolute Gasteiger partial charge is 0.469 e. The van der Waals surface area contributed by atoms with Gasteiger partial charge in [0.15, 0.2) is 11.5 Å². The zero-order valence-corrected chi connectivity index (χ0v) is 12.6. The van der Waals surface area contributed by atoms with Crippen LogP contribution in [-0.2, 0) is 9.53 Å². The van der Waals surface area contributed by atoms with Crippen LogP contribution in [-0.4, -0.2) is 30.1 Å². The molecule has 23 heavy (non-hydrogen) atoms. The lowest BCUT2D eigenvalue weighted by molar-refractivity contribution is -0.135. The average Bonchev–Trinajstić information content (AvgIpc) is 3.24. The van der Waals surface area contributed by atoms with Crippen molar-refractivity contribution in [1.29, 1.82) is 0 Å². The predicted molar refractivity (Wildman–Crippen MR) is 83.2 cm³/mol. The molecule has 2 atom stereocenters. The Morgan fingerprint density at radius 3 is 2.65 bits per heavy atom. The van der Waals surface area contributed by atoms with Crippen molar-refractivity contribution in [3.63, 3.8) is 0 Å². The van der Waals surface area contributed by atoms with Gasteiger partial charge in [-0.25, -0.2) is 4.79 Å². The number of esters is 1. The lowest BCUT2D eigenvalue weighted by Crippen LogP contribution is -2.37. The molecule has 0 saturated carbocycles. The van der Waals surface area contributed by atoms with E-state index in [1.54, 1.807) is 43.3 Å². The number of ketones is 1. The molecule has 1 aliphatic rings. The summed E-state index contributed by atoms with van der Waals surface area (Å²) in [6.45, 7) is 1.95. The number of benzene rings is 1. The van der Waals surface area contributed by atoms with Crippen molar-refractivity contribution in [2.75, 3.05) is 6.61 Å². The summed E-state index contributed by atoms with van der Waals surface area (Å²) in [4.78, 5) is 24.9. The zero-order valence-electron chi connectivity index (χ0n) is 12.6. The van der Waals surface area contributed by atoms with Gasteiger partial charge in [0.1, 0.15) is 11.8 Å². The number of hydrogen-bond acceptors (Lipinski definition) is 6. The van der Waals surface area contributed by atoms with Crippen molar-refractivity contribution in [3.8, 4) is 0 Å². The molecule has 1 N–H and O–H groups in total. The number of carbonyl (C=O) groups excluding carboxylic acids is 2. The molecule has 0 amide bonds. The zero-order chi connectivity index (χ0) is 16.2. The van der Waals surface area contributed by atoms with Crippen molar-refractivity contribution >= 4 is 17.5 Å². The Kier molecular flexibility index (Phi) is 4.23. The first-order valence-corrected chi connectivity index (χ1v) is 7.35. The Labute approximate surface area is 133 Å². The molecule has 118 valence electrons. The molecular weight excluding hydrogens is 296 g/mol. The van der Waals surface area contributed by atoms with Gasteiger partial charge in [0, 0.05) is 5.56 Å². The van der Waals surface area contributed by atoms with E-state index in [1.165, 1.54) is 6.26 Å². The molecule has 6 heteroatoms. The molecule has 0 bridgehead atoms. The molecule has 0 aliphatic carbocycles. The summed E-state index contributed by atoms with van der Waals surface area (Å²) < 4.78 is 10.4. The smallest absolute Gasteiger partial charge is 0.355 e. The topological polar surface area (TPSA) is 80.9 Å². The molecular formula is C17H16N2O4. The van der Waals surface area contributed by atoms with Crippen LogP contribution in [0.15, 0.2) is 58.2 Å². The van der Waals surface area contributed by atoms with E-state index >= 15 is 0 Å². The molecule has 2 heterocycles. The van der Waals surface area contributed by atoms with Gasteiger partial charge in [0.25, 0.3) is 0 Å². The molecule has 2 unspecified atom stereocenters. The van der Waals surface area contributed by atoms with Gasteiger partial charge in [-0.1, -0.05) is 30.3 Å². The lowest BCUT2D eigenvalue weighted by atomic mass is 9.88. The summed E-state index contributed by atoms with van der Waals surface area (Å²) in [5.74, 6) is -0.826. The summed E-state index contributed by atoms with van der Waals surface area (Å²) in [5, 5.41) is 4.03. The summed E-state index contributed by atoms with van der Waals surface area (Å²) in [6.07, 6.45) is 1.50. The second-order valence-corrected chi connectivity index (χ2v) is 5.05. The average molecular weight is 312 g/mol. The summed E-state index contributed by atoms with van der Waals surface area (Å²) in [5.41, 5.74) is 3.45. The minimum atomic E-state index is -0.706. The van der Waals surface area contributed by atoms with Crippen LogP contribution in [0.25, 0.3) is 0 Å². The maximum absolute atomic E-state index is 12.7. The van der Waals surface area contributed by atoms with Gasteiger partial charge < -0.3 is 9.15 Å². The third kappa shape index (κ3) is 2.88. The minimum absolute atomic E-state index is 0.149. The van der Waals surface area contributed by atoms with Crippen molar-refractivity contribution in [3.05, 3.63) is 60.1 Å². The van der Waals surface area contributed by atoms with Gasteiger partial charge in [-0.3, -0.25) is 10.2 Å². The fraction of sp³-hybridized carbons (Fsp3) is 0.235. The first-order chi connectivity index (χ1) is 11.2. The van der Waals surface area contributed by atoms with E-state index in [0.29, 0.717) is 11.3 Å². The van der Waals surface area contributed by atoms with E-state index < -0.39 is 17.9 Å². The van der Waals surface area contributed by atoms with Gasteiger partial charge in [-0.05, 0) is 19.1 Å². The van der Waals surface area contributed by atoms with Gasteiger partial charge in [0.05, 0.1) is 18.8 Å². The lowest BCUT2D eigenvalue weighted by Gasteiger charge is -2.17. The summed E-state index contributed by atoms with van der Waals surface area (Å²) in [7, 11) is 0. The highest BCUT2D eigenvalue weighted by molar-refractivity contribution is 6.40. The predicted octanol–water partition coefficient (Wildman–Crippen LogP) is 2.14. The molecule has 1 aliphatic heterocycles. The second kappa shape index (κ2) is 6.48.